The number of carbonyl (C=O) groups is 3. The summed E-state index contributed by atoms with van der Waals surface area (Å²) in [5.41, 5.74) is 0.419. The minimum atomic E-state index is -1.27. The van der Waals surface area contributed by atoms with Crippen molar-refractivity contribution in [3.05, 3.63) is 90.3 Å². The average molecular weight is 454 g/mol. The van der Waals surface area contributed by atoms with E-state index in [0.29, 0.717) is 12.1 Å². The second-order valence-corrected chi connectivity index (χ2v) is 8.31. The summed E-state index contributed by atoms with van der Waals surface area (Å²) in [6.45, 7) is 1.70. The lowest BCUT2D eigenvalue weighted by molar-refractivity contribution is -0.133. The maximum absolute atomic E-state index is 13.2. The molecule has 1 aromatic heterocycles. The van der Waals surface area contributed by atoms with Gasteiger partial charge < -0.3 is 5.32 Å². The Morgan fingerprint density at radius 1 is 1.00 bits per heavy atom. The van der Waals surface area contributed by atoms with Crippen LogP contribution in [0.1, 0.15) is 18.1 Å². The van der Waals surface area contributed by atoms with Crippen molar-refractivity contribution in [2.75, 3.05) is 11.9 Å². The minimum Gasteiger partial charge on any atom is -0.319 e. The fourth-order valence-corrected chi connectivity index (χ4v) is 4.04. The van der Waals surface area contributed by atoms with Crippen molar-refractivity contribution in [1.82, 2.24) is 25.0 Å². The van der Waals surface area contributed by atoms with E-state index in [4.69, 9.17) is 0 Å². The van der Waals surface area contributed by atoms with Crippen LogP contribution in [0.5, 0.6) is 0 Å². The molecule has 0 aliphatic carbocycles. The monoisotopic (exact) mass is 454 g/mol. The number of hydrogen-bond acceptors (Lipinski definition) is 5. The summed E-state index contributed by atoms with van der Waals surface area (Å²) in [7, 11) is 0. The first-order valence-electron chi connectivity index (χ1n) is 10.8. The van der Waals surface area contributed by atoms with Gasteiger partial charge in [-0.2, -0.15) is 0 Å². The van der Waals surface area contributed by atoms with Gasteiger partial charge in [0.2, 0.25) is 11.9 Å². The van der Waals surface area contributed by atoms with Crippen LogP contribution in [0.25, 0.3) is 10.8 Å². The number of aromatic nitrogens is 3. The summed E-state index contributed by atoms with van der Waals surface area (Å²) in [6, 6.07) is 22.4. The van der Waals surface area contributed by atoms with Crippen molar-refractivity contribution in [2.45, 2.75) is 19.0 Å². The number of nitrogens with one attached hydrogen (secondary N) is 2. The largest absolute Gasteiger partial charge is 0.325 e. The molecule has 2 heterocycles. The molecular formula is C25H22N6O3. The average Bonchev–Trinajstić information content (AvgIpc) is 3.36. The number of urea groups is 1. The maximum atomic E-state index is 13.2. The molecule has 9 heteroatoms. The van der Waals surface area contributed by atoms with Gasteiger partial charge in [-0.15, -0.1) is 5.10 Å². The Bertz CT molecular complexity index is 1400. The van der Waals surface area contributed by atoms with E-state index in [1.807, 2.05) is 72.8 Å². The van der Waals surface area contributed by atoms with Crippen molar-refractivity contribution in [1.29, 1.82) is 0 Å². The SMILES string of the molecule is CC1(c2ccc3ccccc3c2)NC(=O)N(CC(=O)Nc2ncn(Cc3ccccc3)n2)C1=O. The number of fused-ring (bicyclic) bond motifs is 1. The topological polar surface area (TPSA) is 109 Å². The lowest BCUT2D eigenvalue weighted by atomic mass is 9.90. The van der Waals surface area contributed by atoms with Crippen LogP contribution in [0.4, 0.5) is 10.7 Å². The van der Waals surface area contributed by atoms with Gasteiger partial charge in [0.25, 0.3) is 5.91 Å². The van der Waals surface area contributed by atoms with Crippen molar-refractivity contribution in [3.63, 3.8) is 0 Å². The number of amides is 4. The van der Waals surface area contributed by atoms with Gasteiger partial charge in [0, 0.05) is 0 Å². The number of rotatable bonds is 6. The van der Waals surface area contributed by atoms with Crippen LogP contribution in [-0.2, 0) is 21.7 Å². The van der Waals surface area contributed by atoms with Crippen molar-refractivity contribution >= 4 is 34.6 Å². The fourth-order valence-electron chi connectivity index (χ4n) is 4.04. The highest BCUT2D eigenvalue weighted by Crippen LogP contribution is 2.31. The first-order valence-corrected chi connectivity index (χ1v) is 10.8. The van der Waals surface area contributed by atoms with Crippen LogP contribution in [0.15, 0.2) is 79.1 Å². The van der Waals surface area contributed by atoms with Gasteiger partial charge in [0.15, 0.2) is 0 Å². The lowest BCUT2D eigenvalue weighted by Crippen LogP contribution is -2.42. The third-order valence-electron chi connectivity index (χ3n) is 5.88. The molecule has 0 bridgehead atoms. The van der Waals surface area contributed by atoms with Gasteiger partial charge in [0.1, 0.15) is 18.4 Å². The molecule has 1 aliphatic rings. The molecule has 0 spiro atoms. The van der Waals surface area contributed by atoms with E-state index in [9.17, 15) is 14.4 Å². The number of anilines is 1. The zero-order valence-electron chi connectivity index (χ0n) is 18.4. The quantitative estimate of drug-likeness (QED) is 0.436. The molecule has 2 N–H and O–H groups in total. The summed E-state index contributed by atoms with van der Waals surface area (Å²) in [5, 5.41) is 11.5. The molecule has 1 fully saturated rings. The van der Waals surface area contributed by atoms with Gasteiger partial charge in [0.05, 0.1) is 6.54 Å². The van der Waals surface area contributed by atoms with Gasteiger partial charge in [-0.3, -0.25) is 19.8 Å². The Balaban J connectivity index is 1.27. The minimum absolute atomic E-state index is 0.102. The molecule has 0 radical (unpaired) electrons. The van der Waals surface area contributed by atoms with Gasteiger partial charge in [-0.25, -0.2) is 14.5 Å². The Labute approximate surface area is 195 Å². The summed E-state index contributed by atoms with van der Waals surface area (Å²) in [5.74, 6) is -0.959. The number of carbonyl (C=O) groups excluding carboxylic acids is 3. The second kappa shape index (κ2) is 8.43. The summed E-state index contributed by atoms with van der Waals surface area (Å²) in [6.07, 6.45) is 1.51. The van der Waals surface area contributed by atoms with Gasteiger partial charge >= 0.3 is 6.03 Å². The van der Waals surface area contributed by atoms with E-state index >= 15 is 0 Å². The predicted octanol–water partition coefficient (Wildman–Crippen LogP) is 2.89. The Morgan fingerprint density at radius 3 is 2.53 bits per heavy atom. The Morgan fingerprint density at radius 2 is 1.74 bits per heavy atom. The van der Waals surface area contributed by atoms with Gasteiger partial charge in [-0.1, -0.05) is 66.7 Å². The molecule has 9 nitrogen and oxygen atoms in total. The number of imide groups is 1. The third-order valence-corrected chi connectivity index (χ3v) is 5.88. The van der Waals surface area contributed by atoms with E-state index in [-0.39, 0.29) is 5.95 Å². The van der Waals surface area contributed by atoms with Crippen molar-refractivity contribution in [2.24, 2.45) is 0 Å². The van der Waals surface area contributed by atoms with Crippen LogP contribution in [0, 0.1) is 0 Å². The molecule has 1 unspecified atom stereocenters. The summed E-state index contributed by atoms with van der Waals surface area (Å²) in [4.78, 5) is 43.4. The molecule has 4 amide bonds. The molecule has 34 heavy (non-hydrogen) atoms. The molecule has 5 rings (SSSR count). The van der Waals surface area contributed by atoms with Crippen molar-refractivity contribution < 1.29 is 14.4 Å². The van der Waals surface area contributed by atoms with E-state index in [2.05, 4.69) is 20.7 Å². The van der Waals surface area contributed by atoms with Crippen molar-refractivity contribution in [3.8, 4) is 0 Å². The molecule has 0 saturated carbocycles. The standard InChI is InChI=1S/C25H22N6O3/c1-25(20-12-11-18-9-5-6-10-19(18)13-20)22(33)31(24(34)28-25)15-21(32)27-23-26-16-30(29-23)14-17-7-3-2-4-8-17/h2-13,16H,14-15H2,1H3,(H,28,34)(H,27,29,32). The second-order valence-electron chi connectivity index (χ2n) is 8.31. The number of benzene rings is 3. The molecular weight excluding hydrogens is 432 g/mol. The van der Waals surface area contributed by atoms with Crippen LogP contribution >= 0.6 is 0 Å². The molecule has 4 aromatic rings. The summed E-state index contributed by atoms with van der Waals surface area (Å²) < 4.78 is 1.59. The predicted molar refractivity (Wildman–Crippen MR) is 126 cm³/mol. The maximum Gasteiger partial charge on any atom is 0.325 e. The number of nitrogens with zero attached hydrogens (tertiary/aromatic N) is 4. The zero-order chi connectivity index (χ0) is 23.7. The highest BCUT2D eigenvalue weighted by atomic mass is 16.2. The molecule has 1 atom stereocenters. The first-order chi connectivity index (χ1) is 16.4. The number of hydrogen-bond donors (Lipinski definition) is 2. The lowest BCUT2D eigenvalue weighted by Gasteiger charge is -2.22. The molecule has 170 valence electrons. The Kier molecular flexibility index (Phi) is 5.29. The normalized spacial score (nSPS) is 17.7. The van der Waals surface area contributed by atoms with E-state index in [1.165, 1.54) is 6.33 Å². The van der Waals surface area contributed by atoms with Crippen LogP contribution in [-0.4, -0.2) is 44.1 Å². The molecule has 3 aromatic carbocycles. The third kappa shape index (κ3) is 3.99. The fraction of sp³-hybridized carbons (Fsp3) is 0.160. The summed E-state index contributed by atoms with van der Waals surface area (Å²) >= 11 is 0. The van der Waals surface area contributed by atoms with Crippen LogP contribution in [0.3, 0.4) is 0 Å². The van der Waals surface area contributed by atoms with E-state index in [1.54, 1.807) is 11.6 Å². The smallest absolute Gasteiger partial charge is 0.319 e. The van der Waals surface area contributed by atoms with Crippen LogP contribution < -0.4 is 10.6 Å². The Hall–Kier alpha value is -4.53. The van der Waals surface area contributed by atoms with E-state index in [0.717, 1.165) is 21.2 Å². The van der Waals surface area contributed by atoms with Crippen LogP contribution in [0.2, 0.25) is 0 Å². The van der Waals surface area contributed by atoms with E-state index < -0.39 is 29.9 Å². The van der Waals surface area contributed by atoms with Gasteiger partial charge in [-0.05, 0) is 34.9 Å². The molecule has 1 saturated heterocycles. The molecule has 1 aliphatic heterocycles. The highest BCUT2D eigenvalue weighted by molar-refractivity contribution is 6.10. The first kappa shape index (κ1) is 21.3. The highest BCUT2D eigenvalue weighted by Gasteiger charge is 2.49. The zero-order valence-corrected chi connectivity index (χ0v) is 18.4.